The van der Waals surface area contributed by atoms with Gasteiger partial charge in [0.05, 0.1) is 0 Å². The molecule has 0 aliphatic carbocycles. The zero-order chi connectivity index (χ0) is 62.5. The third-order valence-electron chi connectivity index (χ3n) is 8.56. The maximum absolute atomic E-state index is 10.1. The molecule has 0 aromatic heterocycles. The fraction of sp³-hybridized carbons (Fsp3) is 0.965. The van der Waals surface area contributed by atoms with Gasteiger partial charge in [0.1, 0.15) is 0 Å². The Balaban J connectivity index is -0.0000000470. The molecule has 0 radical (unpaired) electrons. The van der Waals surface area contributed by atoms with Gasteiger partial charge in [0, 0.05) is 13.1 Å². The maximum Gasteiger partial charge on any atom is 0.320 e. The molecule has 580 valence electrons. The van der Waals surface area contributed by atoms with Crippen molar-refractivity contribution in [1.82, 2.24) is 5.32 Å². The Morgan fingerprint density at radius 3 is 0.747 bits per heavy atom. The van der Waals surface area contributed by atoms with Crippen molar-refractivity contribution in [2.75, 3.05) is 25.4 Å². The highest BCUT2D eigenvalue weighted by Crippen LogP contribution is 2.30. The third kappa shape index (κ3) is 99.1. The van der Waals surface area contributed by atoms with E-state index in [4.69, 9.17) is 51.0 Å². The number of thiol groups is 1. The average Bonchev–Trinajstić information content (AvgIpc) is 3.02. The van der Waals surface area contributed by atoms with Crippen molar-refractivity contribution in [2.24, 2.45) is 5.73 Å². The molecule has 18 nitrogen and oxygen atoms in total. The molecule has 8 N–H and O–H groups in total. The van der Waals surface area contributed by atoms with Crippen LogP contribution in [0.5, 0.6) is 0 Å². The molecule has 0 amide bonds. The first-order valence-corrected chi connectivity index (χ1v) is 71.4. The minimum Gasteiger partial charge on any atom is -0.437 e. The maximum atomic E-state index is 10.1. The van der Waals surface area contributed by atoms with Crippen molar-refractivity contribution in [3.8, 4) is 0 Å². The Morgan fingerprint density at radius 1 is 0.319 bits per heavy atom. The van der Waals surface area contributed by atoms with E-state index in [0.717, 1.165) is 62.7 Å². The Bertz CT molecular complexity index is 1610. The summed E-state index contributed by atoms with van der Waals surface area (Å²) in [4.78, 5) is 49.8. The third-order valence-corrected chi connectivity index (χ3v) is 56.1. The van der Waals surface area contributed by atoms with Gasteiger partial charge in [-0.3, -0.25) is 0 Å². The molecule has 3 unspecified atom stereocenters. The highest BCUT2D eigenvalue weighted by Gasteiger charge is 2.48. The van der Waals surface area contributed by atoms with Gasteiger partial charge >= 0.3 is 103 Å². The van der Waals surface area contributed by atoms with Gasteiger partial charge in [-0.2, -0.15) is 12.6 Å². The summed E-state index contributed by atoms with van der Waals surface area (Å²) in [5.41, 5.74) is 5.49. The van der Waals surface area contributed by atoms with Gasteiger partial charge in [-0.1, -0.05) is 110 Å². The van der Waals surface area contributed by atoms with Gasteiger partial charge in [0.25, 0.3) is 0 Å². The minimum atomic E-state index is -2.68. The van der Waals surface area contributed by atoms with E-state index >= 15 is 0 Å². The summed E-state index contributed by atoms with van der Waals surface area (Å²) in [5.74, 6) is 0.837. The highest BCUT2D eigenvalue weighted by molar-refractivity contribution is 7.80. The zero-order valence-corrected chi connectivity index (χ0v) is 70.7. The second-order valence-electron chi connectivity index (χ2n) is 27.3. The second kappa shape index (κ2) is 57.2. The summed E-state index contributed by atoms with van der Waals surface area (Å²) < 4.78 is 67.2. The molecule has 0 saturated heterocycles. The largest absolute Gasteiger partial charge is 0.437 e. The fourth-order valence-corrected chi connectivity index (χ4v) is 70.1. The lowest BCUT2D eigenvalue weighted by molar-refractivity contribution is 0.272. The lowest BCUT2D eigenvalue weighted by Crippen LogP contribution is -2.57. The molecule has 0 heterocycles. The van der Waals surface area contributed by atoms with Crippen LogP contribution >= 0.6 is 12.6 Å². The SMILES string of the molecule is C.C.C.C.C.C.C.C.C.C.C.C.C.C.C=CCCC[Si](C)(O[Si](C)(C)O)O[Si](C)(C)O[Si](C)(C)O.C[Si](C)(C)O[Si](C)(C)O[Si](C)(C)O.C[Si](C)(C)O[Si](C)(CCCNCCN)O[Si](C)(C)O[Si](C)(C)O.C[Si](C)(C)O[Si](C)(CCCS)O[Si](C)(C)O[Si](C)(C)O. The summed E-state index contributed by atoms with van der Waals surface area (Å²) in [7, 11) is -34.5. The Kier molecular flexibility index (Phi) is 88.2. The van der Waals surface area contributed by atoms with Crippen LogP contribution in [0.25, 0.3) is 0 Å². The number of nitrogens with one attached hydrogen (secondary N) is 1. The van der Waals surface area contributed by atoms with Crippen molar-refractivity contribution in [3.05, 3.63) is 12.7 Å². The second-order valence-corrected chi connectivity index (χ2v) is 83.4. The molecule has 3 atom stereocenters. The van der Waals surface area contributed by atoms with E-state index in [-0.39, 0.29) is 104 Å². The van der Waals surface area contributed by atoms with Crippen LogP contribution in [0, 0.1) is 0 Å². The molecule has 0 spiro atoms. The molecule has 0 aliphatic heterocycles. The number of unbranched alkanes of at least 4 members (excludes halogenated alkanes) is 1. The molecule has 0 saturated carbocycles. The van der Waals surface area contributed by atoms with Crippen LogP contribution in [-0.2, 0) is 45.3 Å². The van der Waals surface area contributed by atoms with Crippen LogP contribution in [0.1, 0.15) is 130 Å². The number of allylic oxidation sites excluding steroid dienone is 1. The van der Waals surface area contributed by atoms with Gasteiger partial charge in [-0.05, 0) is 253 Å². The van der Waals surface area contributed by atoms with Crippen LogP contribution in [-0.4, -0.2) is 177 Å². The summed E-state index contributed by atoms with van der Waals surface area (Å²) in [6.07, 6.45) is 5.67. The standard InChI is InChI=1S/C13H38N2O4Si4.C12H32O5Si4.C11H32O4SSi4.C7H22O3Si3.14CH4/c1-20(2,3)17-23(8,13-9-11-15-12-10-14)19-22(6,7)18-21(4,5)16;1-9-10-11-12-21(8,16-19(4,5)14)17-20(6,7)15-18(2,3)13;1-17(2,3)13-20(8,11-9-10-16)15-19(6,7)14-18(4,5)12;1-11(2,3)9-13(6,7)10-12(4,5)8;;;;;;;;;;;;;;/h15-16H,9-14H2,1-8H3;9,13-14H,1,10-12H2,2-8H3;12,16H,9-11H2,1-8H3;8H,1-7H3;14*1H4. The zero-order valence-electron chi connectivity index (χ0n) is 54.8. The smallest absolute Gasteiger partial charge is 0.320 e. The van der Waals surface area contributed by atoms with E-state index in [1.54, 1.807) is 65.5 Å². The van der Waals surface area contributed by atoms with Crippen molar-refractivity contribution >= 4 is 140 Å². The lowest BCUT2D eigenvalue weighted by Gasteiger charge is -2.40. The molecule has 34 heteroatoms. The fourth-order valence-electron chi connectivity index (χ4n) is 8.71. The van der Waals surface area contributed by atoms with E-state index in [0.29, 0.717) is 6.54 Å². The number of hydrogen-bond donors (Lipinski definition) is 8. The number of hydrogen-bond acceptors (Lipinski definition) is 19. The van der Waals surface area contributed by atoms with Crippen LogP contribution in [0.4, 0.5) is 0 Å². The molecular formula is C57H180N2O16SSi15. The first-order valence-electron chi connectivity index (χ1n) is 27.4. The summed E-state index contributed by atoms with van der Waals surface area (Å²) in [5, 5.41) is 3.32. The van der Waals surface area contributed by atoms with Gasteiger partial charge in [0.15, 0.2) is 25.0 Å². The number of rotatable bonds is 35. The van der Waals surface area contributed by atoms with E-state index < -0.39 is 128 Å². The monoisotopic (exact) mass is 1600 g/mol. The highest BCUT2D eigenvalue weighted by atomic mass is 32.1. The molecule has 0 aliphatic rings. The van der Waals surface area contributed by atoms with Crippen LogP contribution in [0.2, 0.25) is 215 Å². The average molecular weight is 1600 g/mol. The van der Waals surface area contributed by atoms with Crippen LogP contribution < -0.4 is 11.1 Å². The predicted octanol–water partition coefficient (Wildman–Crippen LogP) is 20.3. The number of nitrogens with two attached hydrogens (primary N) is 1. The summed E-state index contributed by atoms with van der Waals surface area (Å²) in [6, 6.07) is 2.62. The van der Waals surface area contributed by atoms with Crippen molar-refractivity contribution in [3.63, 3.8) is 0 Å². The van der Waals surface area contributed by atoms with E-state index in [9.17, 15) is 24.0 Å². The molecule has 0 aromatic rings. The predicted molar refractivity (Wildman–Crippen MR) is 458 cm³/mol. The quantitative estimate of drug-likeness (QED) is 0.0127. The first kappa shape index (κ1) is 140. The molecular weight excluding hydrogens is 1420 g/mol. The van der Waals surface area contributed by atoms with Gasteiger partial charge < -0.3 is 80.3 Å². The van der Waals surface area contributed by atoms with Crippen LogP contribution in [0.15, 0.2) is 12.7 Å². The molecule has 0 aromatic carbocycles. The van der Waals surface area contributed by atoms with Gasteiger partial charge in [-0.25, -0.2) is 0 Å². The Labute approximate surface area is 598 Å². The first-order chi connectivity index (χ1) is 33.5. The lowest BCUT2D eigenvalue weighted by atomic mass is 10.3. The molecule has 0 rings (SSSR count). The topological polar surface area (TPSA) is 241 Å². The summed E-state index contributed by atoms with van der Waals surface area (Å²) >= 11 is 4.29. The minimum absolute atomic E-state index is 0. The van der Waals surface area contributed by atoms with Crippen molar-refractivity contribution in [1.29, 1.82) is 0 Å². The Hall–Kier alpha value is 2.62. The van der Waals surface area contributed by atoms with Crippen molar-refractivity contribution < 1.29 is 69.2 Å². The van der Waals surface area contributed by atoms with Crippen LogP contribution in [0.3, 0.4) is 0 Å². The van der Waals surface area contributed by atoms with E-state index in [1.165, 1.54) is 0 Å². The normalized spacial score (nSPS) is 13.9. The molecule has 0 fully saturated rings. The van der Waals surface area contributed by atoms with E-state index in [1.807, 2.05) is 65.0 Å². The molecule has 91 heavy (non-hydrogen) atoms. The van der Waals surface area contributed by atoms with Crippen molar-refractivity contribution in [2.45, 2.75) is 344 Å². The van der Waals surface area contributed by atoms with Gasteiger partial charge in [-0.15, -0.1) is 6.58 Å². The van der Waals surface area contributed by atoms with Gasteiger partial charge in [0.2, 0.25) is 0 Å². The molecule has 0 bridgehead atoms. The van der Waals surface area contributed by atoms with E-state index in [2.05, 4.69) is 96.5 Å². The Morgan fingerprint density at radius 2 is 0.538 bits per heavy atom. The summed E-state index contributed by atoms with van der Waals surface area (Å²) in [6.45, 7) is 65.3.